The van der Waals surface area contributed by atoms with Crippen molar-refractivity contribution in [3.63, 3.8) is 0 Å². The minimum atomic E-state index is 0.690. The molecule has 0 spiro atoms. The second-order valence-electron chi connectivity index (χ2n) is 3.52. The minimum absolute atomic E-state index is 0.690. The molecule has 1 aromatic heterocycles. The lowest BCUT2D eigenvalue weighted by molar-refractivity contribution is 0.659. The first-order chi connectivity index (χ1) is 5.75. The van der Waals surface area contributed by atoms with E-state index in [1.54, 1.807) is 0 Å². The molecule has 2 rings (SSSR count). The predicted molar refractivity (Wildman–Crippen MR) is 52.5 cm³/mol. The molecular formula is C9H13BrN2. The average molecular weight is 229 g/mol. The van der Waals surface area contributed by atoms with E-state index in [1.807, 2.05) is 17.9 Å². The summed E-state index contributed by atoms with van der Waals surface area (Å²) < 4.78 is 1.89. The highest BCUT2D eigenvalue weighted by atomic mass is 79.9. The molecule has 3 heteroatoms. The van der Waals surface area contributed by atoms with Gasteiger partial charge in [0, 0.05) is 24.0 Å². The van der Waals surface area contributed by atoms with Crippen LogP contribution in [-0.4, -0.2) is 14.6 Å². The van der Waals surface area contributed by atoms with Gasteiger partial charge >= 0.3 is 0 Å². The maximum atomic E-state index is 4.42. The maximum Gasteiger partial charge on any atom is 0.0655 e. The summed E-state index contributed by atoms with van der Waals surface area (Å²) in [7, 11) is 1.98. The summed E-state index contributed by atoms with van der Waals surface area (Å²) in [6, 6.07) is 2.13. The normalized spacial score (nSPS) is 29.5. The van der Waals surface area contributed by atoms with Gasteiger partial charge in [0.1, 0.15) is 0 Å². The van der Waals surface area contributed by atoms with E-state index in [0.29, 0.717) is 10.7 Å². The molecule has 2 unspecified atom stereocenters. The number of halogens is 1. The van der Waals surface area contributed by atoms with E-state index >= 15 is 0 Å². The number of nitrogens with zero attached hydrogens (tertiary/aromatic N) is 2. The zero-order valence-corrected chi connectivity index (χ0v) is 8.79. The van der Waals surface area contributed by atoms with Crippen LogP contribution in [0.2, 0.25) is 0 Å². The van der Waals surface area contributed by atoms with E-state index in [-0.39, 0.29) is 0 Å². The van der Waals surface area contributed by atoms with Crippen LogP contribution in [0.25, 0.3) is 0 Å². The van der Waals surface area contributed by atoms with Gasteiger partial charge in [0.2, 0.25) is 0 Å². The molecule has 1 saturated carbocycles. The highest BCUT2D eigenvalue weighted by Gasteiger charge is 2.25. The van der Waals surface area contributed by atoms with Crippen molar-refractivity contribution in [2.45, 2.75) is 30.0 Å². The van der Waals surface area contributed by atoms with Gasteiger partial charge in [-0.05, 0) is 25.3 Å². The van der Waals surface area contributed by atoms with Crippen molar-refractivity contribution in [2.24, 2.45) is 7.05 Å². The van der Waals surface area contributed by atoms with Gasteiger partial charge in [-0.2, -0.15) is 5.10 Å². The molecule has 0 bridgehead atoms. The largest absolute Gasteiger partial charge is 0.276 e. The second kappa shape index (κ2) is 3.21. The third-order valence-electron chi connectivity index (χ3n) is 2.52. The van der Waals surface area contributed by atoms with Crippen LogP contribution in [0.5, 0.6) is 0 Å². The van der Waals surface area contributed by atoms with E-state index in [2.05, 4.69) is 27.1 Å². The van der Waals surface area contributed by atoms with Gasteiger partial charge in [0.05, 0.1) is 5.69 Å². The van der Waals surface area contributed by atoms with Crippen molar-refractivity contribution in [3.8, 4) is 0 Å². The quantitative estimate of drug-likeness (QED) is 0.676. The van der Waals surface area contributed by atoms with Gasteiger partial charge in [0.15, 0.2) is 0 Å². The molecule has 1 aromatic rings. The zero-order chi connectivity index (χ0) is 8.55. The second-order valence-corrected chi connectivity index (χ2v) is 4.82. The first-order valence-corrected chi connectivity index (χ1v) is 5.31. The standard InChI is InChI=1S/C9H13BrN2/c1-12-5-4-9(11-12)7-2-3-8(10)6-7/h4-5,7-8H,2-3,6H2,1H3. The van der Waals surface area contributed by atoms with Gasteiger partial charge in [-0.1, -0.05) is 15.9 Å². The van der Waals surface area contributed by atoms with Gasteiger partial charge in [-0.25, -0.2) is 0 Å². The molecule has 0 aromatic carbocycles. The number of rotatable bonds is 1. The summed E-state index contributed by atoms with van der Waals surface area (Å²) in [5.74, 6) is 0.690. The Morgan fingerprint density at radius 1 is 1.58 bits per heavy atom. The van der Waals surface area contributed by atoms with E-state index in [0.717, 1.165) is 0 Å². The van der Waals surface area contributed by atoms with Crippen molar-refractivity contribution >= 4 is 15.9 Å². The van der Waals surface area contributed by atoms with Crippen molar-refractivity contribution in [3.05, 3.63) is 18.0 Å². The van der Waals surface area contributed by atoms with Gasteiger partial charge < -0.3 is 0 Å². The lowest BCUT2D eigenvalue weighted by Crippen LogP contribution is -1.97. The van der Waals surface area contributed by atoms with Gasteiger partial charge in [-0.15, -0.1) is 0 Å². The Bertz CT molecular complexity index is 269. The molecule has 1 heterocycles. The smallest absolute Gasteiger partial charge is 0.0655 e. The molecule has 0 aliphatic heterocycles. The fourth-order valence-corrected chi connectivity index (χ4v) is 2.56. The zero-order valence-electron chi connectivity index (χ0n) is 7.20. The van der Waals surface area contributed by atoms with E-state index in [9.17, 15) is 0 Å². The monoisotopic (exact) mass is 228 g/mol. The first-order valence-electron chi connectivity index (χ1n) is 4.39. The predicted octanol–water partition coefficient (Wildman–Crippen LogP) is 2.45. The van der Waals surface area contributed by atoms with Crippen molar-refractivity contribution in [2.75, 3.05) is 0 Å². The summed E-state index contributed by atoms with van der Waals surface area (Å²) in [4.78, 5) is 0.713. The Morgan fingerprint density at radius 2 is 2.42 bits per heavy atom. The Hall–Kier alpha value is -0.310. The molecule has 2 atom stereocenters. The van der Waals surface area contributed by atoms with E-state index < -0.39 is 0 Å². The van der Waals surface area contributed by atoms with E-state index in [4.69, 9.17) is 0 Å². The molecule has 0 radical (unpaired) electrons. The van der Waals surface area contributed by atoms with Crippen molar-refractivity contribution in [1.82, 2.24) is 9.78 Å². The molecular weight excluding hydrogens is 216 g/mol. The lowest BCUT2D eigenvalue weighted by Gasteiger charge is -2.03. The van der Waals surface area contributed by atoms with Crippen molar-refractivity contribution in [1.29, 1.82) is 0 Å². The van der Waals surface area contributed by atoms with Crippen LogP contribution in [0, 0.1) is 0 Å². The third-order valence-corrected chi connectivity index (χ3v) is 3.35. The Morgan fingerprint density at radius 3 is 2.92 bits per heavy atom. The Kier molecular flexibility index (Phi) is 2.22. The molecule has 0 amide bonds. The minimum Gasteiger partial charge on any atom is -0.276 e. The molecule has 0 saturated heterocycles. The fourth-order valence-electron chi connectivity index (χ4n) is 1.85. The molecule has 12 heavy (non-hydrogen) atoms. The number of aryl methyl sites for hydroxylation is 1. The van der Waals surface area contributed by atoms with Crippen LogP contribution in [-0.2, 0) is 7.05 Å². The molecule has 1 aliphatic carbocycles. The number of aromatic nitrogens is 2. The summed E-state index contributed by atoms with van der Waals surface area (Å²) in [5.41, 5.74) is 1.26. The molecule has 2 nitrogen and oxygen atoms in total. The van der Waals surface area contributed by atoms with E-state index in [1.165, 1.54) is 25.0 Å². The number of hydrogen-bond acceptors (Lipinski definition) is 1. The van der Waals surface area contributed by atoms with Crippen LogP contribution >= 0.6 is 15.9 Å². The van der Waals surface area contributed by atoms with Crippen molar-refractivity contribution < 1.29 is 0 Å². The highest BCUT2D eigenvalue weighted by Crippen LogP contribution is 2.36. The topological polar surface area (TPSA) is 17.8 Å². The van der Waals surface area contributed by atoms with Crippen LogP contribution in [0.4, 0.5) is 0 Å². The van der Waals surface area contributed by atoms with Crippen LogP contribution in [0.3, 0.4) is 0 Å². The number of alkyl halides is 1. The average Bonchev–Trinajstić information content (AvgIpc) is 2.58. The highest BCUT2D eigenvalue weighted by molar-refractivity contribution is 9.09. The van der Waals surface area contributed by atoms with Crippen LogP contribution in [0.1, 0.15) is 30.9 Å². The maximum absolute atomic E-state index is 4.42. The fraction of sp³-hybridized carbons (Fsp3) is 0.667. The Balaban J connectivity index is 2.11. The number of hydrogen-bond donors (Lipinski definition) is 0. The first kappa shape index (κ1) is 8.30. The van der Waals surface area contributed by atoms with Gasteiger partial charge in [0.25, 0.3) is 0 Å². The third kappa shape index (κ3) is 1.56. The van der Waals surface area contributed by atoms with Crippen LogP contribution < -0.4 is 0 Å². The Labute approximate surface area is 81.1 Å². The van der Waals surface area contributed by atoms with Gasteiger partial charge in [-0.3, -0.25) is 4.68 Å². The summed E-state index contributed by atoms with van der Waals surface area (Å²) >= 11 is 3.65. The lowest BCUT2D eigenvalue weighted by atomic mass is 10.1. The SMILES string of the molecule is Cn1ccc(C2CCC(Br)C2)n1. The summed E-state index contributed by atoms with van der Waals surface area (Å²) in [6.45, 7) is 0. The summed E-state index contributed by atoms with van der Waals surface area (Å²) in [6.07, 6.45) is 5.85. The molecule has 0 N–H and O–H groups in total. The molecule has 66 valence electrons. The summed E-state index contributed by atoms with van der Waals surface area (Å²) in [5, 5.41) is 4.42. The molecule has 1 aliphatic rings. The molecule has 1 fully saturated rings. The van der Waals surface area contributed by atoms with Crippen LogP contribution in [0.15, 0.2) is 12.3 Å².